The van der Waals surface area contributed by atoms with Crippen LogP contribution in [0.2, 0.25) is 0 Å². The van der Waals surface area contributed by atoms with Crippen molar-refractivity contribution in [2.24, 2.45) is 0 Å². The van der Waals surface area contributed by atoms with Gasteiger partial charge in [0, 0.05) is 10.0 Å². The zero-order valence-electron chi connectivity index (χ0n) is 6.52. The van der Waals surface area contributed by atoms with Gasteiger partial charge in [-0.3, -0.25) is 4.79 Å². The zero-order valence-corrected chi connectivity index (χ0v) is 8.10. The molecule has 0 saturated carbocycles. The molecule has 0 atom stereocenters. The highest BCUT2D eigenvalue weighted by atomic mass is 79.9. The van der Waals surface area contributed by atoms with Crippen LogP contribution in [0.25, 0.3) is 0 Å². The number of rotatable bonds is 1. The Hall–Kier alpha value is -0.630. The van der Waals surface area contributed by atoms with Crippen molar-refractivity contribution in [1.82, 2.24) is 0 Å². The van der Waals surface area contributed by atoms with E-state index in [0.717, 1.165) is 15.6 Å². The summed E-state index contributed by atoms with van der Waals surface area (Å²) in [6.45, 7) is 3.51. The molecular formula is C9H9BrO. The highest BCUT2D eigenvalue weighted by molar-refractivity contribution is 9.10. The van der Waals surface area contributed by atoms with E-state index >= 15 is 0 Å². The molecule has 0 N–H and O–H groups in total. The number of benzene rings is 1. The Morgan fingerprint density at radius 3 is 2.45 bits per heavy atom. The molecule has 0 aliphatic rings. The summed E-state index contributed by atoms with van der Waals surface area (Å²) in [6.07, 6.45) is 0. The van der Waals surface area contributed by atoms with Crippen LogP contribution in [0.5, 0.6) is 0 Å². The van der Waals surface area contributed by atoms with Crippen LogP contribution in [0.15, 0.2) is 22.7 Å². The smallest absolute Gasteiger partial charge is 0.161 e. The fourth-order valence-corrected chi connectivity index (χ4v) is 1.82. The maximum absolute atomic E-state index is 11.1. The lowest BCUT2D eigenvalue weighted by Crippen LogP contribution is -1.96. The molecule has 2 heteroatoms. The summed E-state index contributed by atoms with van der Waals surface area (Å²) in [5, 5.41) is 0. The molecule has 0 bridgehead atoms. The van der Waals surface area contributed by atoms with Crippen LogP contribution in [-0.4, -0.2) is 5.78 Å². The molecule has 0 amide bonds. The highest BCUT2D eigenvalue weighted by Crippen LogP contribution is 2.20. The molecule has 58 valence electrons. The minimum atomic E-state index is 0.106. The molecule has 1 nitrogen and oxygen atoms in total. The van der Waals surface area contributed by atoms with Gasteiger partial charge in [-0.15, -0.1) is 0 Å². The fourth-order valence-electron chi connectivity index (χ4n) is 1.08. The monoisotopic (exact) mass is 212 g/mol. The quantitative estimate of drug-likeness (QED) is 0.655. The van der Waals surface area contributed by atoms with Crippen LogP contribution in [0.3, 0.4) is 0 Å². The number of aryl methyl sites for hydroxylation is 1. The van der Waals surface area contributed by atoms with E-state index in [2.05, 4.69) is 15.9 Å². The van der Waals surface area contributed by atoms with E-state index in [1.807, 2.05) is 25.1 Å². The predicted octanol–water partition coefficient (Wildman–Crippen LogP) is 2.96. The maximum Gasteiger partial charge on any atom is 0.161 e. The topological polar surface area (TPSA) is 17.1 Å². The second-order valence-corrected chi connectivity index (χ2v) is 3.34. The first-order chi connectivity index (χ1) is 5.13. The third-order valence-corrected chi connectivity index (χ3v) is 2.23. The summed E-state index contributed by atoms with van der Waals surface area (Å²) in [6, 6.07) is 5.73. The van der Waals surface area contributed by atoms with Crippen LogP contribution >= 0.6 is 15.9 Å². The van der Waals surface area contributed by atoms with Crippen molar-refractivity contribution < 1.29 is 4.79 Å². The summed E-state index contributed by atoms with van der Waals surface area (Å²) in [7, 11) is 0. The van der Waals surface area contributed by atoms with Crippen LogP contribution < -0.4 is 0 Å². The lowest BCUT2D eigenvalue weighted by Gasteiger charge is -2.02. The Balaban J connectivity index is 3.32. The number of Topliss-reactive ketones (excluding diaryl/α,β-unsaturated/α-hetero) is 1. The third-order valence-electron chi connectivity index (χ3n) is 1.57. The predicted molar refractivity (Wildman–Crippen MR) is 48.9 cm³/mol. The molecule has 0 saturated heterocycles. The maximum atomic E-state index is 11.1. The zero-order chi connectivity index (χ0) is 8.43. The molecule has 1 rings (SSSR count). The summed E-state index contributed by atoms with van der Waals surface area (Å²) < 4.78 is 0.880. The number of hydrogen-bond donors (Lipinski definition) is 0. The first-order valence-corrected chi connectivity index (χ1v) is 4.18. The van der Waals surface area contributed by atoms with Crippen molar-refractivity contribution in [2.75, 3.05) is 0 Å². The Kier molecular flexibility index (Phi) is 2.45. The minimum absolute atomic E-state index is 0.106. The average Bonchev–Trinajstić information content (AvgIpc) is 1.85. The molecule has 1 aromatic rings. The normalized spacial score (nSPS) is 9.73. The van der Waals surface area contributed by atoms with Crippen LogP contribution in [0.4, 0.5) is 0 Å². The molecule has 0 radical (unpaired) electrons. The number of hydrogen-bond acceptors (Lipinski definition) is 1. The number of carbonyl (C=O) groups is 1. The van der Waals surface area contributed by atoms with Gasteiger partial charge in [-0.25, -0.2) is 0 Å². The molecule has 11 heavy (non-hydrogen) atoms. The molecule has 0 heterocycles. The Morgan fingerprint density at radius 2 is 2.09 bits per heavy atom. The van der Waals surface area contributed by atoms with Crippen molar-refractivity contribution in [3.63, 3.8) is 0 Å². The second-order valence-electron chi connectivity index (χ2n) is 2.49. The van der Waals surface area contributed by atoms with Gasteiger partial charge in [0.2, 0.25) is 0 Å². The summed E-state index contributed by atoms with van der Waals surface area (Å²) in [5.41, 5.74) is 1.80. The molecule has 0 unspecified atom stereocenters. The van der Waals surface area contributed by atoms with E-state index in [9.17, 15) is 4.79 Å². The molecule has 0 aliphatic heterocycles. The molecule has 1 aromatic carbocycles. The fraction of sp³-hybridized carbons (Fsp3) is 0.222. The number of halogens is 1. The van der Waals surface area contributed by atoms with Gasteiger partial charge < -0.3 is 0 Å². The minimum Gasteiger partial charge on any atom is -0.294 e. The van der Waals surface area contributed by atoms with Gasteiger partial charge in [-0.1, -0.05) is 28.1 Å². The van der Waals surface area contributed by atoms with E-state index in [0.29, 0.717) is 0 Å². The third kappa shape index (κ3) is 1.69. The lowest BCUT2D eigenvalue weighted by molar-refractivity contribution is 0.101. The molecule has 0 aromatic heterocycles. The van der Waals surface area contributed by atoms with E-state index in [-0.39, 0.29) is 5.78 Å². The molecule has 0 fully saturated rings. The van der Waals surface area contributed by atoms with Crippen molar-refractivity contribution in [2.45, 2.75) is 13.8 Å². The van der Waals surface area contributed by atoms with Crippen molar-refractivity contribution in [3.8, 4) is 0 Å². The van der Waals surface area contributed by atoms with Gasteiger partial charge >= 0.3 is 0 Å². The first-order valence-electron chi connectivity index (χ1n) is 3.39. The summed E-state index contributed by atoms with van der Waals surface area (Å²) >= 11 is 3.33. The SMILES string of the molecule is CC(=O)c1c(C)cccc1Br. The van der Waals surface area contributed by atoms with Crippen LogP contribution in [-0.2, 0) is 0 Å². The van der Waals surface area contributed by atoms with E-state index < -0.39 is 0 Å². The Bertz CT molecular complexity index is 271. The number of ketones is 1. The van der Waals surface area contributed by atoms with E-state index in [4.69, 9.17) is 0 Å². The molecule has 0 aliphatic carbocycles. The van der Waals surface area contributed by atoms with Gasteiger partial charge in [0.05, 0.1) is 0 Å². The number of carbonyl (C=O) groups excluding carboxylic acids is 1. The second kappa shape index (κ2) is 3.18. The van der Waals surface area contributed by atoms with Crippen molar-refractivity contribution >= 4 is 21.7 Å². The van der Waals surface area contributed by atoms with Gasteiger partial charge in [0.25, 0.3) is 0 Å². The standard InChI is InChI=1S/C9H9BrO/c1-6-4-3-5-8(10)9(6)7(2)11/h3-5H,1-2H3. The highest BCUT2D eigenvalue weighted by Gasteiger charge is 2.06. The summed E-state index contributed by atoms with van der Waals surface area (Å²) in [4.78, 5) is 11.1. The first kappa shape index (κ1) is 8.47. The van der Waals surface area contributed by atoms with Gasteiger partial charge in [0.15, 0.2) is 5.78 Å². The summed E-state index contributed by atoms with van der Waals surface area (Å²) in [5.74, 6) is 0.106. The van der Waals surface area contributed by atoms with E-state index in [1.54, 1.807) is 6.92 Å². The van der Waals surface area contributed by atoms with Gasteiger partial charge in [-0.05, 0) is 25.5 Å². The van der Waals surface area contributed by atoms with Crippen molar-refractivity contribution in [1.29, 1.82) is 0 Å². The lowest BCUT2D eigenvalue weighted by atomic mass is 10.1. The van der Waals surface area contributed by atoms with Crippen molar-refractivity contribution in [3.05, 3.63) is 33.8 Å². The van der Waals surface area contributed by atoms with Gasteiger partial charge in [-0.2, -0.15) is 0 Å². The van der Waals surface area contributed by atoms with Crippen LogP contribution in [0, 0.1) is 6.92 Å². The Labute approximate surface area is 74.6 Å². The average molecular weight is 213 g/mol. The molecule has 0 spiro atoms. The van der Waals surface area contributed by atoms with Gasteiger partial charge in [0.1, 0.15) is 0 Å². The Morgan fingerprint density at radius 1 is 1.45 bits per heavy atom. The van der Waals surface area contributed by atoms with E-state index in [1.165, 1.54) is 0 Å². The van der Waals surface area contributed by atoms with Crippen LogP contribution in [0.1, 0.15) is 22.8 Å². The molecular weight excluding hydrogens is 204 g/mol. The largest absolute Gasteiger partial charge is 0.294 e.